The Morgan fingerprint density at radius 2 is 1.60 bits per heavy atom. The van der Waals surface area contributed by atoms with Crippen LogP contribution in [0.2, 0.25) is 0 Å². The van der Waals surface area contributed by atoms with Crippen molar-refractivity contribution in [2.75, 3.05) is 26.3 Å². The molecule has 1 aliphatic rings. The molecule has 3 aromatic rings. The lowest BCUT2D eigenvalue weighted by atomic mass is 9.67. The fourth-order valence-corrected chi connectivity index (χ4v) is 6.24. The van der Waals surface area contributed by atoms with Gasteiger partial charge in [0.25, 0.3) is 5.69 Å². The normalized spacial score (nSPS) is 19.9. The van der Waals surface area contributed by atoms with E-state index in [4.69, 9.17) is 25.8 Å². The molecular formula is C32H41N5O6. The van der Waals surface area contributed by atoms with Crippen molar-refractivity contribution in [1.29, 1.82) is 0 Å². The number of H-pyrrole nitrogens is 1. The van der Waals surface area contributed by atoms with E-state index in [0.29, 0.717) is 47.1 Å². The zero-order valence-electron chi connectivity index (χ0n) is 25.8. The molecule has 0 aliphatic heterocycles. The number of hydrogen-bond donors (Lipinski definition) is 1. The number of carbonyl (C=O) groups is 3. The second-order valence-electron chi connectivity index (χ2n) is 11.6. The molecule has 1 amide bonds. The van der Waals surface area contributed by atoms with Gasteiger partial charge in [0, 0.05) is 11.1 Å². The fraction of sp³-hybridized carbons (Fsp3) is 0.531. The molecule has 1 saturated carbocycles. The van der Waals surface area contributed by atoms with Crippen molar-refractivity contribution >= 4 is 29.4 Å². The van der Waals surface area contributed by atoms with Gasteiger partial charge in [-0.15, -0.1) is 0 Å². The summed E-state index contributed by atoms with van der Waals surface area (Å²) in [5.41, 5.74) is 3.32. The molecule has 11 nitrogen and oxygen atoms in total. The largest absolute Gasteiger partial charge is 0.465 e. The first-order valence-corrected chi connectivity index (χ1v) is 14.9. The number of carbonyl (C=O) groups excluding carboxylic acids is 3. The number of rotatable bonds is 10. The van der Waals surface area contributed by atoms with E-state index >= 15 is 0 Å². The third kappa shape index (κ3) is 7.19. The van der Waals surface area contributed by atoms with Crippen LogP contribution in [0.25, 0.3) is 21.9 Å². The predicted molar refractivity (Wildman–Crippen MR) is 161 cm³/mol. The SMILES string of the molecule is [C-]#[N+]c1c(CC2C(C)CC(C)CC2C)c2nc(-c3ccc(C)cc3)[nH]n2c1OC(=O)N(CC(=O)OCC)CC(=O)OCC. The summed E-state index contributed by atoms with van der Waals surface area (Å²) in [6.07, 6.45) is 1.82. The molecule has 0 spiro atoms. The molecule has 2 aromatic heterocycles. The zero-order chi connectivity index (χ0) is 31.3. The molecule has 4 rings (SSSR count). The van der Waals surface area contributed by atoms with Gasteiger partial charge in [0.05, 0.1) is 19.8 Å². The summed E-state index contributed by atoms with van der Waals surface area (Å²) >= 11 is 0. The lowest BCUT2D eigenvalue weighted by Crippen LogP contribution is -2.42. The summed E-state index contributed by atoms with van der Waals surface area (Å²) in [6, 6.07) is 7.85. The Labute approximate surface area is 252 Å². The fourth-order valence-electron chi connectivity index (χ4n) is 6.24. The van der Waals surface area contributed by atoms with E-state index in [1.807, 2.05) is 31.2 Å². The standard InChI is InChI=1S/C32H41N5O6/c1-8-41-26(38)17-36(18-27(39)42-9-2)32(40)43-31-28(33-7)25(16-24-21(5)14-20(4)15-22(24)6)30-34-29(35-37(30)31)23-12-10-19(3)11-13-23/h10-13,20-22,24H,8-9,14-18H2,1-6H3,(H,34,35). The molecule has 230 valence electrons. The van der Waals surface area contributed by atoms with Crippen LogP contribution in [-0.4, -0.2) is 63.8 Å². The zero-order valence-corrected chi connectivity index (χ0v) is 25.8. The third-order valence-corrected chi connectivity index (χ3v) is 8.19. The van der Waals surface area contributed by atoms with Gasteiger partial charge in [-0.2, -0.15) is 0 Å². The number of ether oxygens (including phenoxy) is 3. The van der Waals surface area contributed by atoms with Gasteiger partial charge in [-0.25, -0.2) is 19.1 Å². The summed E-state index contributed by atoms with van der Waals surface area (Å²) in [7, 11) is 0. The second-order valence-corrected chi connectivity index (χ2v) is 11.6. The van der Waals surface area contributed by atoms with Gasteiger partial charge in [0.1, 0.15) is 18.7 Å². The van der Waals surface area contributed by atoms with Crippen LogP contribution in [0.3, 0.4) is 0 Å². The van der Waals surface area contributed by atoms with Crippen molar-refractivity contribution in [3.05, 3.63) is 46.8 Å². The lowest BCUT2D eigenvalue weighted by Gasteiger charge is -2.38. The Morgan fingerprint density at radius 3 is 2.14 bits per heavy atom. The maximum absolute atomic E-state index is 13.5. The molecule has 2 heterocycles. The van der Waals surface area contributed by atoms with Crippen molar-refractivity contribution < 1.29 is 28.6 Å². The van der Waals surface area contributed by atoms with Gasteiger partial charge < -0.3 is 14.2 Å². The molecule has 2 unspecified atom stereocenters. The summed E-state index contributed by atoms with van der Waals surface area (Å²) in [4.78, 5) is 47.7. The Kier molecular flexibility index (Phi) is 10.1. The Morgan fingerprint density at radius 1 is 1.02 bits per heavy atom. The van der Waals surface area contributed by atoms with Crippen molar-refractivity contribution in [3.8, 4) is 17.3 Å². The summed E-state index contributed by atoms with van der Waals surface area (Å²) in [6.45, 7) is 19.4. The number of aromatic nitrogens is 3. The average Bonchev–Trinajstić information content (AvgIpc) is 3.49. The number of aryl methyl sites for hydroxylation is 1. The second kappa shape index (κ2) is 13.8. The van der Waals surface area contributed by atoms with Gasteiger partial charge >= 0.3 is 18.0 Å². The number of aromatic amines is 1. The highest BCUT2D eigenvalue weighted by atomic mass is 16.6. The minimum atomic E-state index is -0.989. The maximum Gasteiger partial charge on any atom is 0.416 e. The molecule has 43 heavy (non-hydrogen) atoms. The van der Waals surface area contributed by atoms with E-state index in [-0.39, 0.29) is 24.8 Å². The van der Waals surface area contributed by atoms with Gasteiger partial charge in [-0.1, -0.05) is 50.6 Å². The highest BCUT2D eigenvalue weighted by molar-refractivity contribution is 5.85. The van der Waals surface area contributed by atoms with E-state index in [2.05, 4.69) is 30.7 Å². The molecule has 2 atom stereocenters. The number of hydrogen-bond acceptors (Lipinski definition) is 7. The molecule has 1 fully saturated rings. The third-order valence-electron chi connectivity index (χ3n) is 8.19. The van der Waals surface area contributed by atoms with Crippen LogP contribution in [0.15, 0.2) is 24.3 Å². The van der Waals surface area contributed by atoms with Crippen molar-refractivity contribution in [2.24, 2.45) is 23.7 Å². The van der Waals surface area contributed by atoms with E-state index in [0.717, 1.165) is 28.9 Å². The Balaban J connectivity index is 1.77. The number of amides is 1. The van der Waals surface area contributed by atoms with Crippen LogP contribution < -0.4 is 4.74 Å². The van der Waals surface area contributed by atoms with E-state index in [1.54, 1.807) is 13.8 Å². The Hall–Kier alpha value is -4.33. The van der Waals surface area contributed by atoms with E-state index in [9.17, 15) is 14.4 Å². The summed E-state index contributed by atoms with van der Waals surface area (Å²) in [5.74, 6) is 0.944. The van der Waals surface area contributed by atoms with Crippen LogP contribution in [0.4, 0.5) is 10.5 Å². The van der Waals surface area contributed by atoms with Gasteiger partial charge in [-0.05, 0) is 63.7 Å². The molecule has 0 bridgehead atoms. The minimum absolute atomic E-state index is 0.0435. The molecule has 1 aliphatic carbocycles. The minimum Gasteiger partial charge on any atom is -0.465 e. The van der Waals surface area contributed by atoms with E-state index in [1.165, 1.54) is 4.52 Å². The highest BCUT2D eigenvalue weighted by Crippen LogP contribution is 2.45. The smallest absolute Gasteiger partial charge is 0.416 e. The first-order valence-electron chi connectivity index (χ1n) is 14.9. The first-order chi connectivity index (χ1) is 20.6. The van der Waals surface area contributed by atoms with Crippen molar-refractivity contribution in [2.45, 2.75) is 60.8 Å². The number of fused-ring (bicyclic) bond motifs is 1. The molecule has 0 saturated heterocycles. The topological polar surface area (TPSA) is 120 Å². The summed E-state index contributed by atoms with van der Waals surface area (Å²) in [5, 5.41) is 3.21. The maximum atomic E-state index is 13.5. The highest BCUT2D eigenvalue weighted by Gasteiger charge is 2.35. The molecule has 1 N–H and O–H groups in total. The van der Waals surface area contributed by atoms with Crippen molar-refractivity contribution in [3.63, 3.8) is 0 Å². The van der Waals surface area contributed by atoms with Gasteiger partial charge in [-0.3, -0.25) is 19.6 Å². The quantitative estimate of drug-likeness (QED) is 0.228. The first kappa shape index (κ1) is 31.6. The van der Waals surface area contributed by atoms with Gasteiger partial charge in [0.2, 0.25) is 5.88 Å². The lowest BCUT2D eigenvalue weighted by molar-refractivity contribution is -0.147. The molecular weight excluding hydrogens is 550 g/mol. The average molecular weight is 592 g/mol. The predicted octanol–water partition coefficient (Wildman–Crippen LogP) is 5.98. The monoisotopic (exact) mass is 591 g/mol. The van der Waals surface area contributed by atoms with E-state index < -0.39 is 31.1 Å². The number of benzene rings is 1. The van der Waals surface area contributed by atoms with Crippen LogP contribution in [0, 0.1) is 37.2 Å². The van der Waals surface area contributed by atoms with Crippen LogP contribution >= 0.6 is 0 Å². The van der Waals surface area contributed by atoms with Crippen molar-refractivity contribution in [1.82, 2.24) is 19.5 Å². The number of nitrogens with zero attached hydrogens (tertiary/aromatic N) is 4. The molecule has 0 radical (unpaired) electrons. The summed E-state index contributed by atoms with van der Waals surface area (Å²) < 4.78 is 17.3. The molecule has 11 heteroatoms. The number of nitrogens with one attached hydrogen (secondary N) is 1. The number of esters is 2. The van der Waals surface area contributed by atoms with Crippen LogP contribution in [0.5, 0.6) is 5.88 Å². The van der Waals surface area contributed by atoms with Crippen LogP contribution in [-0.2, 0) is 25.5 Å². The Bertz CT molecular complexity index is 1470. The molecule has 1 aromatic carbocycles. The van der Waals surface area contributed by atoms with Gasteiger partial charge in [0.15, 0.2) is 5.82 Å². The van der Waals surface area contributed by atoms with Crippen LogP contribution in [0.1, 0.15) is 58.6 Å².